The quantitative estimate of drug-likeness (QED) is 0.460. The van der Waals surface area contributed by atoms with Crippen LogP contribution in [-0.4, -0.2) is 25.6 Å². The van der Waals surface area contributed by atoms with Gasteiger partial charge in [-0.3, -0.25) is 4.79 Å². The number of nitrogens with one attached hydrogen (secondary N) is 1. The molecule has 0 heterocycles. The van der Waals surface area contributed by atoms with Crippen LogP contribution >= 0.6 is 11.6 Å². The fraction of sp³-hybridized carbons (Fsp3) is 0.150. The molecule has 0 atom stereocenters. The largest absolute Gasteiger partial charge is 0.492 e. The number of rotatable bonds is 6. The van der Waals surface area contributed by atoms with E-state index >= 15 is 0 Å². The van der Waals surface area contributed by atoms with Crippen LogP contribution < -0.4 is 10.1 Å². The Labute approximate surface area is 162 Å². The molecule has 0 fully saturated rings. The van der Waals surface area contributed by atoms with Crippen molar-refractivity contribution in [2.24, 2.45) is 0 Å². The molecule has 0 aliphatic rings. The van der Waals surface area contributed by atoms with Gasteiger partial charge in [0.25, 0.3) is 5.91 Å². The van der Waals surface area contributed by atoms with Crippen LogP contribution in [0.4, 0.5) is 5.69 Å². The van der Waals surface area contributed by atoms with Crippen molar-refractivity contribution >= 4 is 35.2 Å². The van der Waals surface area contributed by atoms with Crippen LogP contribution in [0.5, 0.6) is 5.75 Å². The van der Waals surface area contributed by atoms with Crippen LogP contribution in [-0.2, 0) is 9.53 Å². The first kappa shape index (κ1) is 20.0. The molecule has 0 radical (unpaired) electrons. The van der Waals surface area contributed by atoms with E-state index in [-0.39, 0.29) is 5.57 Å². The maximum Gasteiger partial charge on any atom is 0.337 e. The fourth-order valence-corrected chi connectivity index (χ4v) is 2.44. The number of hydrogen-bond donors (Lipinski definition) is 1. The molecule has 0 saturated carbocycles. The molecule has 2 aromatic rings. The van der Waals surface area contributed by atoms with Crippen molar-refractivity contribution in [3.63, 3.8) is 0 Å². The first-order valence-corrected chi connectivity index (χ1v) is 8.40. The van der Waals surface area contributed by atoms with E-state index in [9.17, 15) is 14.9 Å². The van der Waals surface area contributed by atoms with Gasteiger partial charge >= 0.3 is 5.97 Å². The van der Waals surface area contributed by atoms with E-state index in [0.29, 0.717) is 34.2 Å². The lowest BCUT2D eigenvalue weighted by Crippen LogP contribution is -2.13. The third kappa shape index (κ3) is 5.33. The highest BCUT2D eigenvalue weighted by Gasteiger charge is 2.11. The second-order valence-corrected chi connectivity index (χ2v) is 5.72. The molecule has 0 aliphatic carbocycles. The SMILES string of the molecule is CCOc1ccc(/C=C(\C#N)C(=O)Nc2ccc(C(=O)OC)cc2)cc1Cl. The molecule has 1 N–H and O–H groups in total. The summed E-state index contributed by atoms with van der Waals surface area (Å²) in [7, 11) is 1.29. The second kappa shape index (κ2) is 9.41. The number of anilines is 1. The number of carbonyl (C=O) groups excluding carboxylic acids is 2. The molecule has 138 valence electrons. The van der Waals surface area contributed by atoms with Crippen molar-refractivity contribution in [2.75, 3.05) is 19.0 Å². The summed E-state index contributed by atoms with van der Waals surface area (Å²) in [6.45, 7) is 2.33. The fourth-order valence-electron chi connectivity index (χ4n) is 2.20. The average molecular weight is 385 g/mol. The number of ether oxygens (including phenoxy) is 2. The number of methoxy groups -OCH3 is 1. The highest BCUT2D eigenvalue weighted by Crippen LogP contribution is 2.26. The molecule has 1 amide bonds. The highest BCUT2D eigenvalue weighted by atomic mass is 35.5. The summed E-state index contributed by atoms with van der Waals surface area (Å²) in [5, 5.41) is 12.3. The molecule has 7 heteroatoms. The summed E-state index contributed by atoms with van der Waals surface area (Å²) < 4.78 is 9.97. The van der Waals surface area contributed by atoms with Crippen molar-refractivity contribution in [2.45, 2.75) is 6.92 Å². The molecule has 2 rings (SSSR count). The van der Waals surface area contributed by atoms with E-state index in [0.717, 1.165) is 0 Å². The summed E-state index contributed by atoms with van der Waals surface area (Å²) in [5.74, 6) is -0.517. The van der Waals surface area contributed by atoms with Gasteiger partial charge in [-0.25, -0.2) is 4.79 Å². The van der Waals surface area contributed by atoms with Gasteiger partial charge in [0, 0.05) is 5.69 Å². The van der Waals surface area contributed by atoms with Gasteiger partial charge in [0.1, 0.15) is 17.4 Å². The molecular weight excluding hydrogens is 368 g/mol. The van der Waals surface area contributed by atoms with Gasteiger partial charge in [0.15, 0.2) is 0 Å². The standard InChI is InChI=1S/C20H17ClN2O4/c1-3-27-18-9-4-13(11-17(18)21)10-15(12-22)19(24)23-16-7-5-14(6-8-16)20(25)26-2/h4-11H,3H2,1-2H3,(H,23,24)/b15-10+. The lowest BCUT2D eigenvalue weighted by Gasteiger charge is -2.07. The Bertz CT molecular complexity index is 915. The molecular formula is C20H17ClN2O4. The van der Waals surface area contributed by atoms with E-state index in [4.69, 9.17) is 16.3 Å². The summed E-state index contributed by atoms with van der Waals surface area (Å²) in [6, 6.07) is 13.0. The van der Waals surface area contributed by atoms with Gasteiger partial charge in [-0.2, -0.15) is 5.26 Å². The van der Waals surface area contributed by atoms with Crippen LogP contribution in [0.3, 0.4) is 0 Å². The minimum atomic E-state index is -0.576. The summed E-state index contributed by atoms with van der Waals surface area (Å²) in [5.41, 5.74) is 1.30. The number of amides is 1. The van der Waals surface area contributed by atoms with E-state index < -0.39 is 11.9 Å². The first-order chi connectivity index (χ1) is 13.0. The minimum Gasteiger partial charge on any atom is -0.492 e. The zero-order chi connectivity index (χ0) is 19.8. The van der Waals surface area contributed by atoms with E-state index in [1.807, 2.05) is 13.0 Å². The Morgan fingerprint density at radius 1 is 1.22 bits per heavy atom. The first-order valence-electron chi connectivity index (χ1n) is 8.02. The third-order valence-electron chi connectivity index (χ3n) is 3.50. The molecule has 0 aromatic heterocycles. The van der Waals surface area contributed by atoms with Gasteiger partial charge < -0.3 is 14.8 Å². The minimum absolute atomic E-state index is 0.0905. The van der Waals surface area contributed by atoms with Crippen molar-refractivity contribution in [1.82, 2.24) is 0 Å². The number of benzene rings is 2. The number of nitrogens with zero attached hydrogens (tertiary/aromatic N) is 1. The average Bonchev–Trinajstić information content (AvgIpc) is 2.68. The Kier molecular flexibility index (Phi) is 6.98. The third-order valence-corrected chi connectivity index (χ3v) is 3.79. The zero-order valence-corrected chi connectivity index (χ0v) is 15.5. The lowest BCUT2D eigenvalue weighted by atomic mass is 10.1. The van der Waals surface area contributed by atoms with Gasteiger partial charge in [-0.1, -0.05) is 17.7 Å². The van der Waals surface area contributed by atoms with Crippen molar-refractivity contribution in [3.05, 3.63) is 64.2 Å². The molecule has 0 bridgehead atoms. The Hall–Kier alpha value is -3.30. The number of esters is 1. The predicted octanol–water partition coefficient (Wildman–Crippen LogP) is 4.07. The van der Waals surface area contributed by atoms with Crippen molar-refractivity contribution < 1.29 is 19.1 Å². The highest BCUT2D eigenvalue weighted by molar-refractivity contribution is 6.32. The van der Waals surface area contributed by atoms with Crippen LogP contribution in [0.25, 0.3) is 6.08 Å². The molecule has 0 unspecified atom stereocenters. The Morgan fingerprint density at radius 2 is 1.93 bits per heavy atom. The van der Waals surface area contributed by atoms with Crippen molar-refractivity contribution in [1.29, 1.82) is 5.26 Å². The maximum atomic E-state index is 12.3. The molecule has 0 saturated heterocycles. The molecule has 27 heavy (non-hydrogen) atoms. The summed E-state index contributed by atoms with van der Waals surface area (Å²) in [4.78, 5) is 23.7. The number of nitriles is 1. The molecule has 2 aromatic carbocycles. The van der Waals surface area contributed by atoms with Gasteiger partial charge in [0.2, 0.25) is 0 Å². The molecule has 0 spiro atoms. The topological polar surface area (TPSA) is 88.4 Å². The van der Waals surface area contributed by atoms with Gasteiger partial charge in [-0.15, -0.1) is 0 Å². The van der Waals surface area contributed by atoms with Crippen LogP contribution in [0, 0.1) is 11.3 Å². The van der Waals surface area contributed by atoms with Gasteiger partial charge in [-0.05, 0) is 55.0 Å². The van der Waals surface area contributed by atoms with E-state index in [1.165, 1.54) is 25.3 Å². The monoisotopic (exact) mass is 384 g/mol. The Morgan fingerprint density at radius 3 is 2.48 bits per heavy atom. The Balaban J connectivity index is 2.16. The number of carbonyl (C=O) groups is 2. The predicted molar refractivity (Wildman–Crippen MR) is 103 cm³/mol. The molecule has 0 aliphatic heterocycles. The number of hydrogen-bond acceptors (Lipinski definition) is 5. The summed E-state index contributed by atoms with van der Waals surface area (Å²) in [6.07, 6.45) is 1.43. The van der Waals surface area contributed by atoms with Crippen LogP contribution in [0.2, 0.25) is 5.02 Å². The zero-order valence-electron chi connectivity index (χ0n) is 14.8. The van der Waals surface area contributed by atoms with E-state index in [2.05, 4.69) is 10.1 Å². The number of halogens is 1. The van der Waals surface area contributed by atoms with Gasteiger partial charge in [0.05, 0.1) is 24.3 Å². The normalized spacial score (nSPS) is 10.7. The second-order valence-electron chi connectivity index (χ2n) is 5.32. The van der Waals surface area contributed by atoms with Crippen LogP contribution in [0.1, 0.15) is 22.8 Å². The smallest absolute Gasteiger partial charge is 0.337 e. The molecule has 6 nitrogen and oxygen atoms in total. The van der Waals surface area contributed by atoms with Crippen LogP contribution in [0.15, 0.2) is 48.0 Å². The lowest BCUT2D eigenvalue weighted by molar-refractivity contribution is -0.112. The summed E-state index contributed by atoms with van der Waals surface area (Å²) >= 11 is 6.12. The van der Waals surface area contributed by atoms with Crippen molar-refractivity contribution in [3.8, 4) is 11.8 Å². The maximum absolute atomic E-state index is 12.3. The van der Waals surface area contributed by atoms with E-state index in [1.54, 1.807) is 30.3 Å².